The minimum absolute atomic E-state index is 0.0198. The third-order valence-electron chi connectivity index (χ3n) is 6.24. The molecule has 11 heteroatoms. The van der Waals surface area contributed by atoms with E-state index in [-0.39, 0.29) is 29.4 Å². The maximum absolute atomic E-state index is 15.1. The van der Waals surface area contributed by atoms with Gasteiger partial charge in [-0.25, -0.2) is 12.8 Å². The molecule has 38 heavy (non-hydrogen) atoms. The number of carbonyl (C=O) groups excluding carboxylic acids is 1. The summed E-state index contributed by atoms with van der Waals surface area (Å²) in [6.07, 6.45) is 8.45. The Balaban J connectivity index is 1.52. The smallest absolute Gasteiger partial charge is 0.257 e. The highest BCUT2D eigenvalue weighted by atomic mass is 35.5. The molecule has 2 aromatic heterocycles. The molecular weight excluding hydrogens is 531 g/mol. The molecular formula is C27H20ClFN4O4S. The zero-order chi connectivity index (χ0) is 26.9. The van der Waals surface area contributed by atoms with Crippen molar-refractivity contribution in [3.63, 3.8) is 0 Å². The summed E-state index contributed by atoms with van der Waals surface area (Å²) in [7, 11) is -4.32. The number of fused-ring (bicyclic) bond motifs is 1. The fraction of sp³-hybridized carbons (Fsp3) is 0.111. The zero-order valence-electron chi connectivity index (χ0n) is 19.7. The molecule has 0 saturated carbocycles. The van der Waals surface area contributed by atoms with Crippen LogP contribution in [-0.2, 0) is 22.8 Å². The number of aromatic amines is 1. The van der Waals surface area contributed by atoms with E-state index in [1.54, 1.807) is 36.4 Å². The maximum Gasteiger partial charge on any atom is 0.257 e. The SMILES string of the molecule is O=C(NCc1ccc(Cl)cc1)c1c[nH]c2c(F)cc(S(=O)(=O)C3(Cc4ccncc4)C=CC=N3)cc2c1=O. The number of nitrogens with one attached hydrogen (secondary N) is 2. The number of amides is 1. The molecule has 4 aromatic rings. The highest BCUT2D eigenvalue weighted by Crippen LogP contribution is 2.35. The summed E-state index contributed by atoms with van der Waals surface area (Å²) in [5.41, 5.74) is 0.106. The molecule has 0 radical (unpaired) electrons. The first kappa shape index (κ1) is 25.5. The molecule has 0 fully saturated rings. The summed E-state index contributed by atoms with van der Waals surface area (Å²) in [5, 5.41) is 2.90. The number of pyridine rings is 2. The molecule has 1 amide bonds. The molecule has 0 aliphatic carbocycles. The minimum atomic E-state index is -4.32. The van der Waals surface area contributed by atoms with Crippen LogP contribution in [0.4, 0.5) is 4.39 Å². The number of H-pyrrole nitrogens is 1. The number of aromatic nitrogens is 2. The van der Waals surface area contributed by atoms with Gasteiger partial charge < -0.3 is 10.3 Å². The average Bonchev–Trinajstić information content (AvgIpc) is 3.39. The predicted octanol–water partition coefficient (Wildman–Crippen LogP) is 4.00. The van der Waals surface area contributed by atoms with Crippen LogP contribution in [0.1, 0.15) is 21.5 Å². The topological polar surface area (TPSA) is 121 Å². The van der Waals surface area contributed by atoms with Gasteiger partial charge in [0.15, 0.2) is 4.87 Å². The van der Waals surface area contributed by atoms with Gasteiger partial charge in [0.2, 0.25) is 15.3 Å². The largest absolute Gasteiger partial charge is 0.358 e. The highest BCUT2D eigenvalue weighted by molar-refractivity contribution is 7.93. The van der Waals surface area contributed by atoms with Crippen LogP contribution in [0.25, 0.3) is 10.9 Å². The van der Waals surface area contributed by atoms with Crippen molar-refractivity contribution in [3.05, 3.63) is 117 Å². The van der Waals surface area contributed by atoms with E-state index in [9.17, 15) is 18.0 Å². The summed E-state index contributed by atoms with van der Waals surface area (Å²) in [5.74, 6) is -1.65. The van der Waals surface area contributed by atoms with Crippen molar-refractivity contribution in [1.29, 1.82) is 0 Å². The van der Waals surface area contributed by atoms with Gasteiger partial charge in [-0.15, -0.1) is 0 Å². The first-order valence-corrected chi connectivity index (χ1v) is 13.3. The Morgan fingerprint density at radius 1 is 1.08 bits per heavy atom. The number of nitrogens with zero attached hydrogens (tertiary/aromatic N) is 2. The van der Waals surface area contributed by atoms with Gasteiger partial charge in [0, 0.05) is 42.8 Å². The van der Waals surface area contributed by atoms with Crippen LogP contribution in [-0.4, -0.2) is 35.4 Å². The van der Waals surface area contributed by atoms with Gasteiger partial charge in [-0.2, -0.15) is 0 Å². The molecule has 8 nitrogen and oxygen atoms in total. The molecule has 1 aliphatic rings. The van der Waals surface area contributed by atoms with E-state index >= 15 is 4.39 Å². The normalized spacial score (nSPS) is 16.7. The van der Waals surface area contributed by atoms with Crippen LogP contribution >= 0.6 is 11.6 Å². The van der Waals surface area contributed by atoms with E-state index in [0.717, 1.165) is 23.9 Å². The highest BCUT2D eigenvalue weighted by Gasteiger charge is 2.44. The Hall–Kier alpha value is -4.15. The Morgan fingerprint density at radius 2 is 1.82 bits per heavy atom. The quantitative estimate of drug-likeness (QED) is 0.360. The second-order valence-corrected chi connectivity index (χ2v) is 11.3. The third kappa shape index (κ3) is 4.64. The molecule has 1 atom stereocenters. The number of hydrogen-bond donors (Lipinski definition) is 2. The maximum atomic E-state index is 15.1. The predicted molar refractivity (Wildman–Crippen MR) is 143 cm³/mol. The number of benzene rings is 2. The van der Waals surface area contributed by atoms with E-state index in [1.165, 1.54) is 30.8 Å². The molecule has 192 valence electrons. The Kier molecular flexibility index (Phi) is 6.68. The lowest BCUT2D eigenvalue weighted by Crippen LogP contribution is -2.36. The molecule has 3 heterocycles. The van der Waals surface area contributed by atoms with Gasteiger partial charge in [0.05, 0.1) is 15.8 Å². The van der Waals surface area contributed by atoms with Crippen molar-refractivity contribution in [2.75, 3.05) is 0 Å². The summed E-state index contributed by atoms with van der Waals surface area (Å²) in [6.45, 7) is 0.123. The van der Waals surface area contributed by atoms with Crippen LogP contribution in [0.15, 0.2) is 94.0 Å². The zero-order valence-corrected chi connectivity index (χ0v) is 21.3. The number of sulfone groups is 1. The number of rotatable bonds is 7. The summed E-state index contributed by atoms with van der Waals surface area (Å²) in [4.78, 5) is 34.6. The van der Waals surface area contributed by atoms with Gasteiger partial charge in [-0.1, -0.05) is 23.7 Å². The summed E-state index contributed by atoms with van der Waals surface area (Å²) in [6, 6.07) is 12.0. The standard InChI is InChI=1S/C27H20ClFN4O4S/c28-19-4-2-18(3-5-19)15-32-26(35)22-16-31-24-21(25(22)34)12-20(13-23(24)29)38(36,37)27(8-1-9-33-27)14-17-6-10-30-11-7-17/h1-13,16H,14-15H2,(H,31,34)(H,32,35). The number of allylic oxidation sites excluding steroid dienone is 1. The number of hydrogen-bond acceptors (Lipinski definition) is 6. The second-order valence-electron chi connectivity index (χ2n) is 8.69. The van der Waals surface area contributed by atoms with Crippen molar-refractivity contribution in [1.82, 2.24) is 15.3 Å². The van der Waals surface area contributed by atoms with Gasteiger partial charge in [0.25, 0.3) is 5.91 Å². The Labute approximate surface area is 221 Å². The molecule has 0 bridgehead atoms. The van der Waals surface area contributed by atoms with E-state index in [0.29, 0.717) is 10.6 Å². The number of carbonyl (C=O) groups is 1. The summed E-state index contributed by atoms with van der Waals surface area (Å²) < 4.78 is 42.8. The van der Waals surface area contributed by atoms with E-state index in [2.05, 4.69) is 20.3 Å². The molecule has 1 unspecified atom stereocenters. The fourth-order valence-electron chi connectivity index (χ4n) is 4.23. The first-order valence-electron chi connectivity index (χ1n) is 11.4. The number of halogens is 2. The lowest BCUT2D eigenvalue weighted by Gasteiger charge is -2.25. The first-order chi connectivity index (χ1) is 18.2. The van der Waals surface area contributed by atoms with Crippen LogP contribution in [0, 0.1) is 5.82 Å². The van der Waals surface area contributed by atoms with Crippen molar-refractivity contribution in [2.45, 2.75) is 22.7 Å². The minimum Gasteiger partial charge on any atom is -0.358 e. The van der Waals surface area contributed by atoms with Gasteiger partial charge in [-0.3, -0.25) is 19.6 Å². The van der Waals surface area contributed by atoms with Crippen molar-refractivity contribution < 1.29 is 17.6 Å². The molecule has 0 saturated heterocycles. The van der Waals surface area contributed by atoms with E-state index < -0.39 is 36.8 Å². The van der Waals surface area contributed by atoms with E-state index in [1.807, 2.05) is 0 Å². The molecule has 2 N–H and O–H groups in total. The summed E-state index contributed by atoms with van der Waals surface area (Å²) >= 11 is 5.87. The van der Waals surface area contributed by atoms with Gasteiger partial charge >= 0.3 is 0 Å². The molecule has 1 aliphatic heterocycles. The second kappa shape index (κ2) is 9.96. The third-order valence-corrected chi connectivity index (χ3v) is 8.67. The number of aliphatic imine (C=N–C) groups is 1. The van der Waals surface area contributed by atoms with Crippen molar-refractivity contribution in [3.8, 4) is 0 Å². The van der Waals surface area contributed by atoms with Crippen molar-refractivity contribution >= 4 is 44.5 Å². The fourth-order valence-corrected chi connectivity index (χ4v) is 6.11. The lowest BCUT2D eigenvalue weighted by atomic mass is 10.1. The van der Waals surface area contributed by atoms with Gasteiger partial charge in [0.1, 0.15) is 11.4 Å². The monoisotopic (exact) mass is 550 g/mol. The van der Waals surface area contributed by atoms with Crippen LogP contribution in [0.2, 0.25) is 5.02 Å². The molecule has 0 spiro atoms. The van der Waals surface area contributed by atoms with Crippen LogP contribution < -0.4 is 10.7 Å². The van der Waals surface area contributed by atoms with Gasteiger partial charge in [-0.05, 0) is 59.7 Å². The Morgan fingerprint density at radius 3 is 2.50 bits per heavy atom. The molecule has 2 aromatic carbocycles. The van der Waals surface area contributed by atoms with E-state index in [4.69, 9.17) is 11.6 Å². The average molecular weight is 551 g/mol. The molecule has 5 rings (SSSR count). The Bertz CT molecular complexity index is 1760. The lowest BCUT2D eigenvalue weighted by molar-refractivity contribution is 0.0949. The van der Waals surface area contributed by atoms with Crippen molar-refractivity contribution in [2.24, 2.45) is 4.99 Å². The van der Waals surface area contributed by atoms with Crippen LogP contribution in [0.5, 0.6) is 0 Å². The van der Waals surface area contributed by atoms with Crippen LogP contribution in [0.3, 0.4) is 0 Å².